The van der Waals surface area contributed by atoms with Crippen molar-refractivity contribution in [3.63, 3.8) is 0 Å². The third kappa shape index (κ3) is 3.29. The second-order valence-corrected chi connectivity index (χ2v) is 4.92. The van der Waals surface area contributed by atoms with Crippen molar-refractivity contribution < 1.29 is 4.79 Å². The molecule has 1 heterocycles. The van der Waals surface area contributed by atoms with Gasteiger partial charge in [0.25, 0.3) is 5.91 Å². The summed E-state index contributed by atoms with van der Waals surface area (Å²) in [6.45, 7) is 0. The lowest BCUT2D eigenvalue weighted by Crippen LogP contribution is -2.13. The fourth-order valence-corrected chi connectivity index (χ4v) is 2.47. The topological polar surface area (TPSA) is 68.0 Å². The average molecular weight is 317 g/mol. The minimum atomic E-state index is -0.447. The number of aromatic nitrogens is 1. The molecule has 7 heteroatoms. The fourth-order valence-electron chi connectivity index (χ4n) is 1.48. The van der Waals surface area contributed by atoms with E-state index in [4.69, 9.17) is 40.5 Å². The predicted octanol–water partition coefficient (Wildman–Crippen LogP) is 3.88. The van der Waals surface area contributed by atoms with Gasteiger partial charge in [0.05, 0.1) is 15.6 Å². The third-order valence-corrected chi connectivity index (χ3v) is 3.09. The number of nitrogens with two attached hydrogens (primary N) is 1. The van der Waals surface area contributed by atoms with Gasteiger partial charge in [0.1, 0.15) is 5.82 Å². The standard InChI is InChI=1S/C12H8Cl3N3O/c13-6-3-8(14)11(9(15)4-6)12(19)18-7-1-2-17-10(16)5-7/h1-5H,(H3,16,17,18,19). The number of hydrogen-bond acceptors (Lipinski definition) is 3. The molecule has 0 aliphatic carbocycles. The molecule has 0 fully saturated rings. The molecule has 1 aromatic carbocycles. The first-order chi connectivity index (χ1) is 8.97. The zero-order valence-corrected chi connectivity index (χ0v) is 11.7. The van der Waals surface area contributed by atoms with E-state index in [1.165, 1.54) is 24.4 Å². The largest absolute Gasteiger partial charge is 0.384 e. The van der Waals surface area contributed by atoms with Gasteiger partial charge in [0.2, 0.25) is 0 Å². The third-order valence-electron chi connectivity index (χ3n) is 2.27. The number of carbonyl (C=O) groups is 1. The van der Waals surface area contributed by atoms with Gasteiger partial charge in [0, 0.05) is 23.0 Å². The molecule has 0 spiro atoms. The lowest BCUT2D eigenvalue weighted by molar-refractivity contribution is 0.102. The van der Waals surface area contributed by atoms with Crippen LogP contribution in [0.4, 0.5) is 11.5 Å². The maximum absolute atomic E-state index is 12.1. The quantitative estimate of drug-likeness (QED) is 0.883. The number of nitrogens with one attached hydrogen (secondary N) is 1. The number of anilines is 2. The van der Waals surface area contributed by atoms with Crippen LogP contribution in [0.15, 0.2) is 30.5 Å². The Morgan fingerprint density at radius 2 is 1.79 bits per heavy atom. The Hall–Kier alpha value is -1.49. The van der Waals surface area contributed by atoms with E-state index in [1.807, 2.05) is 0 Å². The smallest absolute Gasteiger partial charge is 0.258 e. The molecule has 0 aliphatic rings. The summed E-state index contributed by atoms with van der Waals surface area (Å²) in [5.74, 6) is -0.150. The van der Waals surface area contributed by atoms with Crippen molar-refractivity contribution in [3.8, 4) is 0 Å². The normalized spacial score (nSPS) is 10.3. The molecule has 0 radical (unpaired) electrons. The molecule has 1 aromatic heterocycles. The van der Waals surface area contributed by atoms with Crippen LogP contribution in [0.1, 0.15) is 10.4 Å². The highest BCUT2D eigenvalue weighted by Crippen LogP contribution is 2.29. The minimum absolute atomic E-state index is 0.156. The lowest BCUT2D eigenvalue weighted by Gasteiger charge is -2.09. The van der Waals surface area contributed by atoms with Crippen molar-refractivity contribution in [2.75, 3.05) is 11.1 Å². The fraction of sp³-hybridized carbons (Fsp3) is 0. The second kappa shape index (κ2) is 5.65. The van der Waals surface area contributed by atoms with Crippen molar-refractivity contribution in [2.24, 2.45) is 0 Å². The van der Waals surface area contributed by atoms with Crippen molar-refractivity contribution in [2.45, 2.75) is 0 Å². The Morgan fingerprint density at radius 3 is 2.37 bits per heavy atom. The number of nitrogen functional groups attached to an aromatic ring is 1. The van der Waals surface area contributed by atoms with Gasteiger partial charge in [-0.2, -0.15) is 0 Å². The molecule has 0 saturated carbocycles. The van der Waals surface area contributed by atoms with E-state index >= 15 is 0 Å². The first kappa shape index (κ1) is 13.9. The molecule has 0 unspecified atom stereocenters. The number of pyridine rings is 1. The molecular weight excluding hydrogens is 309 g/mol. The zero-order chi connectivity index (χ0) is 14.0. The SMILES string of the molecule is Nc1cc(NC(=O)c2c(Cl)cc(Cl)cc2Cl)ccn1. The Labute approximate surface area is 124 Å². The van der Waals surface area contributed by atoms with E-state index < -0.39 is 5.91 Å². The van der Waals surface area contributed by atoms with Crippen molar-refractivity contribution in [1.29, 1.82) is 0 Å². The van der Waals surface area contributed by atoms with Gasteiger partial charge in [-0.25, -0.2) is 4.98 Å². The van der Waals surface area contributed by atoms with Crippen LogP contribution in [0.3, 0.4) is 0 Å². The Bertz CT molecular complexity index is 623. The van der Waals surface area contributed by atoms with E-state index in [2.05, 4.69) is 10.3 Å². The molecular formula is C12H8Cl3N3O. The first-order valence-corrected chi connectivity index (χ1v) is 6.28. The number of hydrogen-bond donors (Lipinski definition) is 2. The van der Waals surface area contributed by atoms with Crippen LogP contribution in [0, 0.1) is 0 Å². The van der Waals surface area contributed by atoms with Crippen molar-refractivity contribution in [3.05, 3.63) is 51.1 Å². The molecule has 1 amide bonds. The molecule has 0 aliphatic heterocycles. The van der Waals surface area contributed by atoms with E-state index in [-0.39, 0.29) is 15.6 Å². The number of amides is 1. The van der Waals surface area contributed by atoms with Gasteiger partial charge in [-0.1, -0.05) is 34.8 Å². The summed E-state index contributed by atoms with van der Waals surface area (Å²) in [5.41, 5.74) is 6.18. The molecule has 0 atom stereocenters. The number of nitrogens with zero attached hydrogens (tertiary/aromatic N) is 1. The van der Waals surface area contributed by atoms with Crippen LogP contribution in [0.2, 0.25) is 15.1 Å². The monoisotopic (exact) mass is 315 g/mol. The lowest BCUT2D eigenvalue weighted by atomic mass is 10.2. The van der Waals surface area contributed by atoms with E-state index in [1.54, 1.807) is 6.07 Å². The summed E-state index contributed by atoms with van der Waals surface area (Å²) in [6, 6.07) is 6.03. The number of carbonyl (C=O) groups excluding carboxylic acids is 1. The van der Waals surface area contributed by atoms with Crippen molar-refractivity contribution >= 4 is 52.2 Å². The molecule has 3 N–H and O–H groups in total. The number of halogens is 3. The second-order valence-electron chi connectivity index (χ2n) is 3.67. The summed E-state index contributed by atoms with van der Waals surface area (Å²) in [4.78, 5) is 15.9. The van der Waals surface area contributed by atoms with Gasteiger partial charge in [0.15, 0.2) is 0 Å². The minimum Gasteiger partial charge on any atom is -0.384 e. The van der Waals surface area contributed by atoms with Gasteiger partial charge >= 0.3 is 0 Å². The van der Waals surface area contributed by atoms with Crippen LogP contribution in [-0.4, -0.2) is 10.9 Å². The van der Waals surface area contributed by atoms with Crippen LogP contribution in [0.5, 0.6) is 0 Å². The van der Waals surface area contributed by atoms with Crippen LogP contribution < -0.4 is 11.1 Å². The number of benzene rings is 1. The van der Waals surface area contributed by atoms with Gasteiger partial charge in [-0.15, -0.1) is 0 Å². The maximum Gasteiger partial charge on any atom is 0.258 e. The van der Waals surface area contributed by atoms with E-state index in [0.29, 0.717) is 16.5 Å². The average Bonchev–Trinajstić information content (AvgIpc) is 2.27. The molecule has 2 aromatic rings. The Kier molecular flexibility index (Phi) is 4.14. The first-order valence-electron chi connectivity index (χ1n) is 5.15. The predicted molar refractivity (Wildman–Crippen MR) is 78.1 cm³/mol. The maximum atomic E-state index is 12.1. The number of rotatable bonds is 2. The molecule has 98 valence electrons. The molecule has 2 rings (SSSR count). The molecule has 0 bridgehead atoms. The van der Waals surface area contributed by atoms with Crippen LogP contribution in [0.25, 0.3) is 0 Å². The molecule has 0 saturated heterocycles. The van der Waals surface area contributed by atoms with Gasteiger partial charge < -0.3 is 11.1 Å². The molecule has 19 heavy (non-hydrogen) atoms. The van der Waals surface area contributed by atoms with Crippen LogP contribution >= 0.6 is 34.8 Å². The highest BCUT2D eigenvalue weighted by molar-refractivity contribution is 6.42. The van der Waals surface area contributed by atoms with E-state index in [0.717, 1.165) is 0 Å². The zero-order valence-electron chi connectivity index (χ0n) is 9.45. The molecule has 4 nitrogen and oxygen atoms in total. The Balaban J connectivity index is 2.31. The summed E-state index contributed by atoms with van der Waals surface area (Å²) in [5, 5.41) is 3.35. The summed E-state index contributed by atoms with van der Waals surface area (Å²) in [6.07, 6.45) is 1.48. The van der Waals surface area contributed by atoms with E-state index in [9.17, 15) is 4.79 Å². The highest BCUT2D eigenvalue weighted by Gasteiger charge is 2.16. The van der Waals surface area contributed by atoms with Crippen LogP contribution in [-0.2, 0) is 0 Å². The van der Waals surface area contributed by atoms with Gasteiger partial charge in [-0.05, 0) is 18.2 Å². The summed E-state index contributed by atoms with van der Waals surface area (Å²) in [7, 11) is 0. The summed E-state index contributed by atoms with van der Waals surface area (Å²) >= 11 is 17.7. The summed E-state index contributed by atoms with van der Waals surface area (Å²) < 4.78 is 0. The highest BCUT2D eigenvalue weighted by atomic mass is 35.5. The van der Waals surface area contributed by atoms with Gasteiger partial charge in [-0.3, -0.25) is 4.79 Å². The Morgan fingerprint density at radius 1 is 1.16 bits per heavy atom. The van der Waals surface area contributed by atoms with Crippen molar-refractivity contribution in [1.82, 2.24) is 4.98 Å².